The lowest BCUT2D eigenvalue weighted by Gasteiger charge is -2.11. The smallest absolute Gasteiger partial charge is 0.146 e. The summed E-state index contributed by atoms with van der Waals surface area (Å²) in [6.07, 6.45) is 4.64. The number of aromatic amines is 1. The predicted molar refractivity (Wildman–Crippen MR) is 58.2 cm³/mol. The highest BCUT2D eigenvalue weighted by molar-refractivity contribution is 9.10. The van der Waals surface area contributed by atoms with Gasteiger partial charge in [0.1, 0.15) is 24.3 Å². The minimum absolute atomic E-state index is 0.0127. The van der Waals surface area contributed by atoms with Crippen LogP contribution in [0, 0.1) is 0 Å². The quantitative estimate of drug-likeness (QED) is 0.883. The number of rotatable bonds is 3. The van der Waals surface area contributed by atoms with E-state index < -0.39 is 0 Å². The summed E-state index contributed by atoms with van der Waals surface area (Å²) in [5.41, 5.74) is 0. The molecule has 1 atom stereocenters. The van der Waals surface area contributed by atoms with Gasteiger partial charge < -0.3 is 5.32 Å². The summed E-state index contributed by atoms with van der Waals surface area (Å²) in [6.45, 7) is 1.97. The average molecular weight is 269 g/mol. The van der Waals surface area contributed by atoms with Crippen LogP contribution in [0.1, 0.15) is 18.8 Å². The largest absolute Gasteiger partial charge is 0.359 e. The van der Waals surface area contributed by atoms with E-state index in [0.717, 1.165) is 16.1 Å². The molecule has 15 heavy (non-hydrogen) atoms. The predicted octanol–water partition coefficient (Wildman–Crippen LogP) is 1.53. The molecule has 2 aromatic heterocycles. The maximum Gasteiger partial charge on any atom is 0.146 e. The molecule has 0 bridgehead atoms. The van der Waals surface area contributed by atoms with E-state index in [2.05, 4.69) is 46.4 Å². The Morgan fingerprint density at radius 1 is 1.40 bits per heavy atom. The van der Waals surface area contributed by atoms with Crippen molar-refractivity contribution in [1.29, 1.82) is 0 Å². The summed E-state index contributed by atoms with van der Waals surface area (Å²) in [5, 5.41) is 9.76. The van der Waals surface area contributed by atoms with Crippen LogP contribution < -0.4 is 5.32 Å². The van der Waals surface area contributed by atoms with Crippen molar-refractivity contribution in [1.82, 2.24) is 25.1 Å². The first-order valence-electron chi connectivity index (χ1n) is 4.34. The van der Waals surface area contributed by atoms with Gasteiger partial charge in [0.15, 0.2) is 0 Å². The van der Waals surface area contributed by atoms with Crippen molar-refractivity contribution in [3.05, 3.63) is 29.1 Å². The first-order valence-corrected chi connectivity index (χ1v) is 5.14. The summed E-state index contributed by atoms with van der Waals surface area (Å²) in [6, 6.07) is 0.0127. The molecule has 78 valence electrons. The fourth-order valence-electron chi connectivity index (χ4n) is 1.12. The standard InChI is InChI=1S/C8H9BrN6/c1-5(7-12-4-13-15-7)14-8-6(9)2-10-3-11-8/h2-5H,1H3,(H,10,11,14)(H,12,13,15). The van der Waals surface area contributed by atoms with E-state index in [1.165, 1.54) is 12.7 Å². The Kier molecular flexibility index (Phi) is 2.91. The van der Waals surface area contributed by atoms with Crippen LogP contribution >= 0.6 is 15.9 Å². The zero-order valence-corrected chi connectivity index (χ0v) is 9.56. The van der Waals surface area contributed by atoms with Crippen LogP contribution in [0.2, 0.25) is 0 Å². The monoisotopic (exact) mass is 268 g/mol. The maximum absolute atomic E-state index is 4.10. The van der Waals surface area contributed by atoms with E-state index in [9.17, 15) is 0 Å². The maximum atomic E-state index is 4.10. The molecule has 0 aromatic carbocycles. The van der Waals surface area contributed by atoms with Crippen molar-refractivity contribution in [2.24, 2.45) is 0 Å². The third kappa shape index (κ3) is 2.30. The number of nitrogens with one attached hydrogen (secondary N) is 2. The number of aromatic nitrogens is 5. The summed E-state index contributed by atoms with van der Waals surface area (Å²) >= 11 is 3.35. The molecular weight excluding hydrogens is 260 g/mol. The Labute approximate surface area is 94.7 Å². The molecule has 0 aliphatic rings. The fraction of sp³-hybridized carbons (Fsp3) is 0.250. The van der Waals surface area contributed by atoms with E-state index in [-0.39, 0.29) is 6.04 Å². The summed E-state index contributed by atoms with van der Waals surface area (Å²) < 4.78 is 0.816. The van der Waals surface area contributed by atoms with Crippen molar-refractivity contribution in [3.63, 3.8) is 0 Å². The van der Waals surface area contributed by atoms with Gasteiger partial charge >= 0.3 is 0 Å². The zero-order chi connectivity index (χ0) is 10.7. The van der Waals surface area contributed by atoms with E-state index >= 15 is 0 Å². The van der Waals surface area contributed by atoms with Crippen molar-refractivity contribution in [2.45, 2.75) is 13.0 Å². The van der Waals surface area contributed by atoms with Gasteiger partial charge in [-0.2, -0.15) is 5.10 Å². The number of halogens is 1. The van der Waals surface area contributed by atoms with Gasteiger partial charge in [0.2, 0.25) is 0 Å². The van der Waals surface area contributed by atoms with Crippen LogP contribution in [0.3, 0.4) is 0 Å². The number of hydrogen-bond acceptors (Lipinski definition) is 5. The second-order valence-corrected chi connectivity index (χ2v) is 3.81. The molecule has 0 aliphatic heterocycles. The van der Waals surface area contributed by atoms with Gasteiger partial charge in [-0.05, 0) is 22.9 Å². The molecule has 7 heteroatoms. The molecule has 0 radical (unpaired) electrons. The topological polar surface area (TPSA) is 79.4 Å². The van der Waals surface area contributed by atoms with Gasteiger partial charge in [-0.3, -0.25) is 5.10 Å². The lowest BCUT2D eigenvalue weighted by Crippen LogP contribution is -2.10. The molecule has 0 aliphatic carbocycles. The molecule has 0 saturated heterocycles. The molecule has 0 spiro atoms. The molecule has 2 aromatic rings. The third-order valence-corrected chi connectivity index (χ3v) is 2.44. The SMILES string of the molecule is CC(Nc1ncncc1Br)c1ncn[nH]1. The third-order valence-electron chi connectivity index (χ3n) is 1.86. The summed E-state index contributed by atoms with van der Waals surface area (Å²) in [5.74, 6) is 1.49. The minimum atomic E-state index is 0.0127. The van der Waals surface area contributed by atoms with E-state index in [0.29, 0.717) is 0 Å². The number of anilines is 1. The van der Waals surface area contributed by atoms with Crippen LogP contribution in [-0.4, -0.2) is 25.1 Å². The highest BCUT2D eigenvalue weighted by atomic mass is 79.9. The van der Waals surface area contributed by atoms with Crippen LogP contribution in [0.15, 0.2) is 23.3 Å². The Morgan fingerprint density at radius 2 is 2.27 bits per heavy atom. The fourth-order valence-corrected chi connectivity index (χ4v) is 1.45. The van der Waals surface area contributed by atoms with Crippen molar-refractivity contribution in [2.75, 3.05) is 5.32 Å². The molecule has 0 amide bonds. The Balaban J connectivity index is 2.13. The number of H-pyrrole nitrogens is 1. The second-order valence-electron chi connectivity index (χ2n) is 2.96. The molecule has 0 fully saturated rings. The summed E-state index contributed by atoms with van der Waals surface area (Å²) in [4.78, 5) is 12.0. The Bertz CT molecular complexity index is 428. The normalized spacial score (nSPS) is 12.4. The zero-order valence-electron chi connectivity index (χ0n) is 7.98. The van der Waals surface area contributed by atoms with Crippen LogP contribution in [0.4, 0.5) is 5.82 Å². The molecule has 2 rings (SSSR count). The van der Waals surface area contributed by atoms with E-state index in [1.54, 1.807) is 6.20 Å². The molecule has 1 unspecified atom stereocenters. The van der Waals surface area contributed by atoms with E-state index in [4.69, 9.17) is 0 Å². The van der Waals surface area contributed by atoms with Crippen LogP contribution in [-0.2, 0) is 0 Å². The molecule has 2 N–H and O–H groups in total. The number of hydrogen-bond donors (Lipinski definition) is 2. The summed E-state index contributed by atoms with van der Waals surface area (Å²) in [7, 11) is 0. The average Bonchev–Trinajstić information content (AvgIpc) is 2.74. The van der Waals surface area contributed by atoms with Crippen molar-refractivity contribution in [3.8, 4) is 0 Å². The Morgan fingerprint density at radius 3 is 2.93 bits per heavy atom. The van der Waals surface area contributed by atoms with Crippen LogP contribution in [0.5, 0.6) is 0 Å². The second kappa shape index (κ2) is 4.35. The van der Waals surface area contributed by atoms with Crippen LogP contribution in [0.25, 0.3) is 0 Å². The highest BCUT2D eigenvalue weighted by Crippen LogP contribution is 2.21. The van der Waals surface area contributed by atoms with Gasteiger partial charge in [-0.15, -0.1) is 0 Å². The lowest BCUT2D eigenvalue weighted by atomic mass is 10.3. The van der Waals surface area contributed by atoms with Crippen molar-refractivity contribution >= 4 is 21.7 Å². The highest BCUT2D eigenvalue weighted by Gasteiger charge is 2.10. The van der Waals surface area contributed by atoms with E-state index in [1.807, 2.05) is 6.92 Å². The number of nitrogens with zero attached hydrogens (tertiary/aromatic N) is 4. The van der Waals surface area contributed by atoms with Crippen molar-refractivity contribution < 1.29 is 0 Å². The Hall–Kier alpha value is -1.50. The van der Waals surface area contributed by atoms with Gasteiger partial charge in [0.25, 0.3) is 0 Å². The lowest BCUT2D eigenvalue weighted by molar-refractivity contribution is 0.788. The minimum Gasteiger partial charge on any atom is -0.359 e. The first-order chi connectivity index (χ1) is 7.27. The molecule has 0 saturated carbocycles. The van der Waals surface area contributed by atoms with Gasteiger partial charge in [0, 0.05) is 6.20 Å². The molecule has 2 heterocycles. The molecular formula is C8H9BrN6. The molecule has 6 nitrogen and oxygen atoms in total. The van der Waals surface area contributed by atoms with Gasteiger partial charge in [-0.25, -0.2) is 15.0 Å². The van der Waals surface area contributed by atoms with Gasteiger partial charge in [0.05, 0.1) is 10.5 Å². The first kappa shape index (κ1) is 10.0. The van der Waals surface area contributed by atoms with Gasteiger partial charge in [-0.1, -0.05) is 0 Å².